The highest BCUT2D eigenvalue weighted by Gasteiger charge is 2.55. The number of rotatable bonds is 3. The fourth-order valence-electron chi connectivity index (χ4n) is 3.09. The zero-order valence-corrected chi connectivity index (χ0v) is 13.4. The molecule has 1 aliphatic rings. The van der Waals surface area contributed by atoms with Crippen LogP contribution in [0.3, 0.4) is 0 Å². The lowest BCUT2D eigenvalue weighted by Gasteiger charge is -2.43. The maximum absolute atomic E-state index is 12.5. The minimum Gasteiger partial charge on any atom is -0.479 e. The van der Waals surface area contributed by atoms with Gasteiger partial charge in [0.2, 0.25) is 0 Å². The Morgan fingerprint density at radius 1 is 1.35 bits per heavy atom. The van der Waals surface area contributed by atoms with Gasteiger partial charge in [-0.1, -0.05) is 13.3 Å². The summed E-state index contributed by atoms with van der Waals surface area (Å²) < 4.78 is 5.42. The summed E-state index contributed by atoms with van der Waals surface area (Å²) in [5.41, 5.74) is -1.78. The number of amides is 1. The van der Waals surface area contributed by atoms with Gasteiger partial charge in [-0.25, -0.2) is 9.59 Å². The van der Waals surface area contributed by atoms with Crippen molar-refractivity contribution < 1.29 is 19.4 Å². The van der Waals surface area contributed by atoms with Crippen LogP contribution in [0.25, 0.3) is 0 Å². The smallest absolute Gasteiger partial charge is 0.411 e. The summed E-state index contributed by atoms with van der Waals surface area (Å²) in [6, 6.07) is -0.221. The third-order valence-corrected chi connectivity index (χ3v) is 3.92. The predicted molar refractivity (Wildman–Crippen MR) is 76.6 cm³/mol. The molecule has 0 saturated heterocycles. The lowest BCUT2D eigenvalue weighted by Crippen LogP contribution is -2.62. The van der Waals surface area contributed by atoms with E-state index in [2.05, 4.69) is 0 Å². The first-order chi connectivity index (χ1) is 9.02. The quantitative estimate of drug-likeness (QED) is 0.864. The number of aliphatic carboxylic acids is 1. The lowest BCUT2D eigenvalue weighted by atomic mass is 9.85. The van der Waals surface area contributed by atoms with E-state index in [1.165, 1.54) is 4.90 Å². The molecule has 1 amide bonds. The number of carbonyl (C=O) groups excluding carboxylic acids is 1. The SMILES string of the molecule is CC(C)N(C(=O)OC(C)(C)C)C1(C(=O)O)CCCC1C. The Labute approximate surface area is 121 Å². The minimum absolute atomic E-state index is 0.0741. The molecule has 5 heteroatoms. The molecule has 0 aromatic heterocycles. The zero-order chi connectivity index (χ0) is 15.7. The third kappa shape index (κ3) is 3.07. The molecular weight excluding hydrogens is 258 g/mol. The monoisotopic (exact) mass is 285 g/mol. The molecule has 1 saturated carbocycles. The first-order valence-electron chi connectivity index (χ1n) is 7.28. The van der Waals surface area contributed by atoms with Crippen molar-refractivity contribution in [3.05, 3.63) is 0 Å². The summed E-state index contributed by atoms with van der Waals surface area (Å²) in [6.45, 7) is 10.9. The molecular formula is C15H27NO4. The second-order valence-corrected chi connectivity index (χ2v) is 6.97. The van der Waals surface area contributed by atoms with Crippen LogP contribution >= 0.6 is 0 Å². The van der Waals surface area contributed by atoms with Crippen molar-refractivity contribution in [1.29, 1.82) is 0 Å². The summed E-state index contributed by atoms with van der Waals surface area (Å²) >= 11 is 0. The van der Waals surface area contributed by atoms with Crippen LogP contribution in [0.15, 0.2) is 0 Å². The van der Waals surface area contributed by atoms with Gasteiger partial charge in [-0.3, -0.25) is 4.90 Å². The predicted octanol–water partition coefficient (Wildman–Crippen LogP) is 3.28. The van der Waals surface area contributed by atoms with Gasteiger partial charge in [-0.2, -0.15) is 0 Å². The molecule has 1 aliphatic carbocycles. The van der Waals surface area contributed by atoms with Crippen LogP contribution in [0.4, 0.5) is 4.79 Å². The van der Waals surface area contributed by atoms with Gasteiger partial charge in [-0.15, -0.1) is 0 Å². The first-order valence-corrected chi connectivity index (χ1v) is 7.28. The van der Waals surface area contributed by atoms with Crippen LogP contribution < -0.4 is 0 Å². The third-order valence-electron chi connectivity index (χ3n) is 3.92. The summed E-state index contributed by atoms with van der Waals surface area (Å²) in [6.07, 6.45) is 1.59. The van der Waals surface area contributed by atoms with Crippen LogP contribution in [0, 0.1) is 5.92 Å². The molecule has 0 aromatic rings. The van der Waals surface area contributed by atoms with E-state index in [1.54, 1.807) is 20.8 Å². The van der Waals surface area contributed by atoms with Crippen molar-refractivity contribution in [1.82, 2.24) is 4.90 Å². The molecule has 0 aliphatic heterocycles. The van der Waals surface area contributed by atoms with Crippen LogP contribution in [-0.2, 0) is 9.53 Å². The number of hydrogen-bond acceptors (Lipinski definition) is 3. The summed E-state index contributed by atoms with van der Waals surface area (Å²) in [7, 11) is 0. The standard InChI is InChI=1S/C15H27NO4/c1-10(2)16(13(19)20-14(4,5)6)15(12(17)18)9-7-8-11(15)3/h10-11H,7-9H2,1-6H3,(H,17,18). The molecule has 0 aromatic carbocycles. The summed E-state index contributed by atoms with van der Waals surface area (Å²) in [4.78, 5) is 25.8. The van der Waals surface area contributed by atoms with E-state index in [9.17, 15) is 14.7 Å². The first kappa shape index (κ1) is 16.8. The van der Waals surface area contributed by atoms with Crippen LogP contribution in [0.5, 0.6) is 0 Å². The van der Waals surface area contributed by atoms with E-state index in [0.29, 0.717) is 6.42 Å². The van der Waals surface area contributed by atoms with Crippen molar-refractivity contribution >= 4 is 12.1 Å². The van der Waals surface area contributed by atoms with Gasteiger partial charge in [-0.05, 0) is 53.4 Å². The number of carboxylic acids is 1. The Kier molecular flexibility index (Phi) is 4.72. The number of carbonyl (C=O) groups is 2. The van der Waals surface area contributed by atoms with Gasteiger partial charge in [0, 0.05) is 6.04 Å². The highest BCUT2D eigenvalue weighted by atomic mass is 16.6. The average Bonchev–Trinajstić information content (AvgIpc) is 2.58. The normalized spacial score (nSPS) is 26.6. The van der Waals surface area contributed by atoms with Gasteiger partial charge < -0.3 is 9.84 Å². The number of ether oxygens (including phenoxy) is 1. The molecule has 0 spiro atoms. The van der Waals surface area contributed by atoms with Crippen molar-refractivity contribution in [2.75, 3.05) is 0 Å². The largest absolute Gasteiger partial charge is 0.479 e. The van der Waals surface area contributed by atoms with Crippen molar-refractivity contribution in [3.8, 4) is 0 Å². The summed E-state index contributed by atoms with van der Waals surface area (Å²) in [5.74, 6) is -1.00. The second-order valence-electron chi connectivity index (χ2n) is 6.97. The van der Waals surface area contributed by atoms with Crippen LogP contribution in [0.2, 0.25) is 0 Å². The van der Waals surface area contributed by atoms with Gasteiger partial charge in [0.1, 0.15) is 11.1 Å². The summed E-state index contributed by atoms with van der Waals surface area (Å²) in [5, 5.41) is 9.75. The molecule has 2 atom stereocenters. The van der Waals surface area contributed by atoms with Crippen molar-refractivity contribution in [2.24, 2.45) is 5.92 Å². The molecule has 1 N–H and O–H groups in total. The maximum atomic E-state index is 12.5. The molecule has 0 radical (unpaired) electrons. The van der Waals surface area contributed by atoms with E-state index in [-0.39, 0.29) is 12.0 Å². The molecule has 5 nitrogen and oxygen atoms in total. The second kappa shape index (κ2) is 5.62. The zero-order valence-electron chi connectivity index (χ0n) is 13.4. The van der Waals surface area contributed by atoms with E-state index in [4.69, 9.17) is 4.74 Å². The number of carboxylic acid groups (broad SMARTS) is 1. The minimum atomic E-state index is -1.14. The molecule has 2 unspecified atom stereocenters. The fraction of sp³-hybridized carbons (Fsp3) is 0.867. The van der Waals surface area contributed by atoms with Gasteiger partial charge in [0.25, 0.3) is 0 Å². The molecule has 0 bridgehead atoms. The van der Waals surface area contributed by atoms with E-state index in [1.807, 2.05) is 20.8 Å². The van der Waals surface area contributed by atoms with E-state index < -0.39 is 23.2 Å². The van der Waals surface area contributed by atoms with Crippen molar-refractivity contribution in [2.45, 2.75) is 78.0 Å². The highest BCUT2D eigenvalue weighted by Crippen LogP contribution is 2.42. The van der Waals surface area contributed by atoms with Gasteiger partial charge in [0.15, 0.2) is 0 Å². The fourth-order valence-corrected chi connectivity index (χ4v) is 3.09. The Balaban J connectivity index is 3.17. The van der Waals surface area contributed by atoms with E-state index >= 15 is 0 Å². The number of nitrogens with zero attached hydrogens (tertiary/aromatic N) is 1. The topological polar surface area (TPSA) is 66.8 Å². The van der Waals surface area contributed by atoms with Crippen LogP contribution in [-0.4, -0.2) is 39.3 Å². The van der Waals surface area contributed by atoms with Gasteiger partial charge in [0.05, 0.1) is 0 Å². The Morgan fingerprint density at radius 2 is 1.90 bits per heavy atom. The molecule has 0 heterocycles. The molecule has 1 rings (SSSR count). The highest BCUT2D eigenvalue weighted by molar-refractivity contribution is 5.85. The molecule has 20 heavy (non-hydrogen) atoms. The lowest BCUT2D eigenvalue weighted by molar-refractivity contribution is -0.155. The van der Waals surface area contributed by atoms with Crippen LogP contribution in [0.1, 0.15) is 60.8 Å². The molecule has 116 valence electrons. The Hall–Kier alpha value is -1.26. The van der Waals surface area contributed by atoms with E-state index in [0.717, 1.165) is 12.8 Å². The van der Waals surface area contributed by atoms with Gasteiger partial charge >= 0.3 is 12.1 Å². The average molecular weight is 285 g/mol. The molecule has 1 fully saturated rings. The Bertz CT molecular complexity index is 386. The Morgan fingerprint density at radius 3 is 2.20 bits per heavy atom. The van der Waals surface area contributed by atoms with Crippen molar-refractivity contribution in [3.63, 3.8) is 0 Å². The number of hydrogen-bond donors (Lipinski definition) is 1. The maximum Gasteiger partial charge on any atom is 0.411 e.